The number of carbonyl (C=O) groups excluding carboxylic acids is 1. The minimum atomic E-state index is -5.55. The summed E-state index contributed by atoms with van der Waals surface area (Å²) in [5.41, 5.74) is -4.79. The van der Waals surface area contributed by atoms with Crippen molar-refractivity contribution in [3.8, 4) is 0 Å². The Kier molecular flexibility index (Phi) is 6.79. The number of aliphatic hydroxyl groups excluding tert-OH is 1. The second kappa shape index (κ2) is 8.13. The second-order valence-electron chi connectivity index (χ2n) is 4.38. The molecular formula is C12H15F3N2O5S. The fourth-order valence-electron chi connectivity index (χ4n) is 1.38. The van der Waals surface area contributed by atoms with E-state index >= 15 is 0 Å². The smallest absolute Gasteiger partial charge is 0.445 e. The first-order valence-electron chi connectivity index (χ1n) is 6.29. The van der Waals surface area contributed by atoms with E-state index in [1.54, 1.807) is 30.3 Å². The molecule has 0 aliphatic carbocycles. The van der Waals surface area contributed by atoms with E-state index in [9.17, 15) is 26.4 Å². The lowest BCUT2D eigenvalue weighted by Crippen LogP contribution is -2.48. The summed E-state index contributed by atoms with van der Waals surface area (Å²) in [5, 5.41) is 11.0. The Labute approximate surface area is 130 Å². The number of alkyl halides is 3. The Morgan fingerprint density at radius 3 is 2.39 bits per heavy atom. The van der Waals surface area contributed by atoms with Crippen molar-refractivity contribution in [3.05, 3.63) is 35.9 Å². The van der Waals surface area contributed by atoms with Gasteiger partial charge in [-0.05, 0) is 5.56 Å². The zero-order valence-electron chi connectivity index (χ0n) is 11.7. The lowest BCUT2D eigenvalue weighted by molar-refractivity contribution is -0.0448. The molecule has 1 aromatic rings. The molecule has 1 amide bonds. The van der Waals surface area contributed by atoms with Gasteiger partial charge in [-0.2, -0.15) is 13.2 Å². The van der Waals surface area contributed by atoms with Crippen LogP contribution in [0.4, 0.5) is 18.0 Å². The van der Waals surface area contributed by atoms with Crippen molar-refractivity contribution in [1.82, 2.24) is 10.0 Å². The van der Waals surface area contributed by atoms with Gasteiger partial charge in [0.15, 0.2) is 0 Å². The lowest BCUT2D eigenvalue weighted by Gasteiger charge is -2.17. The maximum absolute atomic E-state index is 12.1. The standard InChI is InChI=1S/C12H15F3N2O5S/c13-12(14,15)23(20,21)16-6-10(7-18)17-11(19)22-8-9-4-2-1-3-5-9/h1-5,10,16,18H,6-8H2,(H,17,19)/t10-/m1/s1. The molecule has 1 aromatic carbocycles. The Balaban J connectivity index is 2.45. The summed E-state index contributed by atoms with van der Waals surface area (Å²) in [6.07, 6.45) is -1.00. The molecular weight excluding hydrogens is 341 g/mol. The van der Waals surface area contributed by atoms with E-state index < -0.39 is 40.8 Å². The van der Waals surface area contributed by atoms with Crippen LogP contribution in [0.5, 0.6) is 0 Å². The number of rotatable bonds is 7. The van der Waals surface area contributed by atoms with E-state index in [0.717, 1.165) is 0 Å². The van der Waals surface area contributed by atoms with Crippen LogP contribution in [0, 0.1) is 0 Å². The Bertz CT molecular complexity index is 607. The van der Waals surface area contributed by atoms with Crippen molar-refractivity contribution >= 4 is 16.1 Å². The molecule has 1 atom stereocenters. The Hall–Kier alpha value is -1.85. The highest BCUT2D eigenvalue weighted by Gasteiger charge is 2.45. The molecule has 0 spiro atoms. The number of alkyl carbamates (subject to hydrolysis) is 1. The number of carbonyl (C=O) groups is 1. The molecule has 0 unspecified atom stereocenters. The van der Waals surface area contributed by atoms with Crippen LogP contribution in [-0.2, 0) is 21.4 Å². The fraction of sp³-hybridized carbons (Fsp3) is 0.417. The lowest BCUT2D eigenvalue weighted by atomic mass is 10.2. The number of amides is 1. The highest BCUT2D eigenvalue weighted by Crippen LogP contribution is 2.21. The molecule has 3 N–H and O–H groups in total. The van der Waals surface area contributed by atoms with Crippen molar-refractivity contribution in [1.29, 1.82) is 0 Å². The number of aliphatic hydroxyl groups is 1. The summed E-state index contributed by atoms with van der Waals surface area (Å²) in [7, 11) is -5.55. The number of hydrogen-bond acceptors (Lipinski definition) is 5. The largest absolute Gasteiger partial charge is 0.511 e. The third kappa shape index (κ3) is 6.42. The molecule has 11 heteroatoms. The molecule has 23 heavy (non-hydrogen) atoms. The van der Waals surface area contributed by atoms with Gasteiger partial charge in [-0.25, -0.2) is 17.9 Å². The van der Waals surface area contributed by atoms with Gasteiger partial charge in [-0.3, -0.25) is 0 Å². The van der Waals surface area contributed by atoms with E-state index in [1.165, 1.54) is 4.72 Å². The van der Waals surface area contributed by atoms with Gasteiger partial charge in [0.05, 0.1) is 12.6 Å². The first-order chi connectivity index (χ1) is 10.7. The third-order valence-electron chi connectivity index (χ3n) is 2.58. The first-order valence-corrected chi connectivity index (χ1v) is 7.78. The molecule has 0 bridgehead atoms. The zero-order chi connectivity index (χ0) is 17.5. The van der Waals surface area contributed by atoms with Crippen molar-refractivity contribution in [2.24, 2.45) is 0 Å². The number of nitrogens with one attached hydrogen (secondary N) is 2. The summed E-state index contributed by atoms with van der Waals surface area (Å²) in [5.74, 6) is 0. The minimum absolute atomic E-state index is 0.0842. The van der Waals surface area contributed by atoms with Crippen LogP contribution in [0.3, 0.4) is 0 Å². The molecule has 7 nitrogen and oxygen atoms in total. The summed E-state index contributed by atoms with van der Waals surface area (Å²) in [6.45, 7) is -1.70. The number of ether oxygens (including phenoxy) is 1. The van der Waals surface area contributed by atoms with Crippen LogP contribution in [0.2, 0.25) is 0 Å². The molecule has 0 heterocycles. The van der Waals surface area contributed by atoms with Gasteiger partial charge in [0.25, 0.3) is 0 Å². The number of benzene rings is 1. The number of sulfonamides is 1. The molecule has 0 aromatic heterocycles. The zero-order valence-corrected chi connectivity index (χ0v) is 12.5. The molecule has 0 saturated heterocycles. The number of halogens is 3. The predicted molar refractivity (Wildman–Crippen MR) is 73.6 cm³/mol. The van der Waals surface area contributed by atoms with Gasteiger partial charge in [0, 0.05) is 6.54 Å². The van der Waals surface area contributed by atoms with Crippen LogP contribution in [0.1, 0.15) is 5.56 Å². The monoisotopic (exact) mass is 356 g/mol. The summed E-state index contributed by atoms with van der Waals surface area (Å²) < 4.78 is 64.1. The molecule has 0 aliphatic rings. The van der Waals surface area contributed by atoms with Crippen molar-refractivity contribution in [2.45, 2.75) is 18.2 Å². The van der Waals surface area contributed by atoms with Gasteiger partial charge >= 0.3 is 21.6 Å². The van der Waals surface area contributed by atoms with Crippen LogP contribution in [-0.4, -0.2) is 44.3 Å². The predicted octanol–water partition coefficient (Wildman–Crippen LogP) is 0.713. The van der Waals surface area contributed by atoms with Crippen molar-refractivity contribution in [2.75, 3.05) is 13.2 Å². The van der Waals surface area contributed by atoms with Crippen molar-refractivity contribution in [3.63, 3.8) is 0 Å². The Morgan fingerprint density at radius 2 is 1.87 bits per heavy atom. The molecule has 130 valence electrons. The van der Waals surface area contributed by atoms with Gasteiger partial charge in [0.2, 0.25) is 0 Å². The second-order valence-corrected chi connectivity index (χ2v) is 6.14. The van der Waals surface area contributed by atoms with Crippen LogP contribution < -0.4 is 10.0 Å². The summed E-state index contributed by atoms with van der Waals surface area (Å²) in [4.78, 5) is 11.5. The molecule has 1 rings (SSSR count). The van der Waals surface area contributed by atoms with Gasteiger partial charge in [0.1, 0.15) is 6.61 Å². The van der Waals surface area contributed by atoms with E-state index in [1.807, 2.05) is 0 Å². The molecule has 0 aliphatic heterocycles. The highest BCUT2D eigenvalue weighted by molar-refractivity contribution is 7.90. The summed E-state index contributed by atoms with van der Waals surface area (Å²) in [6, 6.07) is 7.31. The minimum Gasteiger partial charge on any atom is -0.445 e. The van der Waals surface area contributed by atoms with Crippen LogP contribution >= 0.6 is 0 Å². The van der Waals surface area contributed by atoms with Crippen LogP contribution in [0.15, 0.2) is 30.3 Å². The first kappa shape index (κ1) is 19.2. The van der Waals surface area contributed by atoms with E-state index in [-0.39, 0.29) is 6.61 Å². The summed E-state index contributed by atoms with van der Waals surface area (Å²) >= 11 is 0. The Morgan fingerprint density at radius 1 is 1.26 bits per heavy atom. The van der Waals surface area contributed by atoms with E-state index in [2.05, 4.69) is 5.32 Å². The normalized spacial score (nSPS) is 13.4. The average molecular weight is 356 g/mol. The van der Waals surface area contributed by atoms with Gasteiger partial charge < -0.3 is 15.2 Å². The average Bonchev–Trinajstić information content (AvgIpc) is 2.49. The van der Waals surface area contributed by atoms with Crippen molar-refractivity contribution < 1.29 is 36.2 Å². The van der Waals surface area contributed by atoms with Gasteiger partial charge in [-0.1, -0.05) is 30.3 Å². The maximum atomic E-state index is 12.1. The quantitative estimate of drug-likeness (QED) is 0.668. The third-order valence-corrected chi connectivity index (χ3v) is 3.74. The van der Waals surface area contributed by atoms with E-state index in [0.29, 0.717) is 5.56 Å². The van der Waals surface area contributed by atoms with Gasteiger partial charge in [-0.15, -0.1) is 0 Å². The van der Waals surface area contributed by atoms with E-state index in [4.69, 9.17) is 9.84 Å². The van der Waals surface area contributed by atoms with Crippen LogP contribution in [0.25, 0.3) is 0 Å². The topological polar surface area (TPSA) is 105 Å². The number of hydrogen-bond donors (Lipinski definition) is 3. The fourth-order valence-corrected chi connectivity index (χ4v) is 1.97. The molecule has 0 fully saturated rings. The molecule has 0 radical (unpaired) electrons. The maximum Gasteiger partial charge on any atom is 0.511 e. The molecule has 0 saturated carbocycles. The highest BCUT2D eigenvalue weighted by atomic mass is 32.2. The SMILES string of the molecule is O=C(N[C@@H](CO)CNS(=O)(=O)C(F)(F)F)OCc1ccccc1.